The third-order valence-corrected chi connectivity index (χ3v) is 16.7. The van der Waals surface area contributed by atoms with Crippen molar-refractivity contribution in [2.45, 2.75) is 33.8 Å². The Morgan fingerprint density at radius 2 is 0.985 bits per heavy atom. The van der Waals surface area contributed by atoms with Gasteiger partial charge in [-0.15, -0.1) is 45.3 Å². The van der Waals surface area contributed by atoms with Gasteiger partial charge in [-0.2, -0.15) is 0 Å². The van der Waals surface area contributed by atoms with Crippen LogP contribution >= 0.6 is 45.3 Å². The molecule has 0 saturated carbocycles. The van der Waals surface area contributed by atoms with E-state index in [1.165, 1.54) is 40.9 Å². The van der Waals surface area contributed by atoms with Gasteiger partial charge >= 0.3 is 0 Å². The minimum atomic E-state index is -1.21. The molecule has 11 rings (SSSR count). The first-order valence-corrected chi connectivity index (χ1v) is 23.9. The van der Waals surface area contributed by atoms with E-state index in [1.807, 2.05) is 18.2 Å². The number of hydrogen-bond acceptors (Lipinski definition) is 8. The maximum Gasteiger partial charge on any atom is 0.199 e. The van der Waals surface area contributed by atoms with Crippen LogP contribution < -0.4 is 18.1 Å². The highest BCUT2D eigenvalue weighted by Crippen LogP contribution is 2.52. The molecule has 9 aromatic rings. The summed E-state index contributed by atoms with van der Waals surface area (Å²) in [5.74, 6) is -4.37. The number of halogens is 3. The molecule has 2 aliphatic carbocycles. The Labute approximate surface area is 385 Å². The van der Waals surface area contributed by atoms with E-state index in [1.54, 1.807) is 28.7 Å². The number of aryl methyl sites for hydroxylation is 4. The van der Waals surface area contributed by atoms with Gasteiger partial charge in [-0.3, -0.25) is 14.4 Å². The van der Waals surface area contributed by atoms with Crippen LogP contribution in [0.5, 0.6) is 0 Å². The predicted octanol–water partition coefficient (Wildman–Crippen LogP) is 11.2. The van der Waals surface area contributed by atoms with Crippen LogP contribution in [0.4, 0.5) is 13.2 Å². The van der Waals surface area contributed by atoms with E-state index in [4.69, 9.17) is 0 Å². The molecule has 2 aliphatic rings. The zero-order chi connectivity index (χ0) is 45.2. The Morgan fingerprint density at radius 3 is 1.49 bits per heavy atom. The third kappa shape index (κ3) is 6.59. The standard InChI is InChI=1S/C54H33F3O4S4/c1-24-7-5-8-25(2)43(24)45-37-20-31(18-29-12-15-41(62-29)47-49(58)33-14-11-28(55)17-34(33)50(47)59)64-53(37)46(44-26(3)9-6-10-27(44)4)38-21-32(65-54(38)45)19-30-13-16-42(63-30)48-51(60)35-22-39(56)40(57)23-36(35)52(48)61/h5-23,50,59H,1-4H3/b29-18-,30-19-,47-41-. The van der Waals surface area contributed by atoms with Gasteiger partial charge in [0.05, 0.1) is 11.1 Å². The molecule has 318 valence electrons. The first-order valence-electron chi connectivity index (χ1n) is 20.7. The molecule has 11 heteroatoms. The largest absolute Gasteiger partial charge is 0.383 e. The summed E-state index contributed by atoms with van der Waals surface area (Å²) in [4.78, 5) is 42.2. The molecule has 0 saturated heterocycles. The maximum absolute atomic E-state index is 14.1. The summed E-state index contributed by atoms with van der Waals surface area (Å²) in [5.41, 5.74) is 9.59. The van der Waals surface area contributed by atoms with Crippen LogP contribution in [0.15, 0.2) is 103 Å². The van der Waals surface area contributed by atoms with Crippen molar-refractivity contribution in [3.63, 3.8) is 0 Å². The Kier molecular flexibility index (Phi) is 9.80. The molecular formula is C54H33F3O4S4. The molecule has 65 heavy (non-hydrogen) atoms. The van der Waals surface area contributed by atoms with E-state index < -0.39 is 35.1 Å². The Hall–Kier alpha value is -6.34. The Morgan fingerprint density at radius 1 is 0.508 bits per heavy atom. The lowest BCUT2D eigenvalue weighted by atomic mass is 9.87. The highest BCUT2D eigenvalue weighted by molar-refractivity contribution is 7.23. The number of rotatable bonds is 4. The van der Waals surface area contributed by atoms with Gasteiger partial charge in [-0.25, -0.2) is 13.2 Å². The lowest BCUT2D eigenvalue weighted by Crippen LogP contribution is -2.10. The van der Waals surface area contributed by atoms with Crippen LogP contribution in [0.2, 0.25) is 0 Å². The van der Waals surface area contributed by atoms with Crippen molar-refractivity contribution in [2.24, 2.45) is 0 Å². The number of hydrogen-bond donors (Lipinski definition) is 1. The van der Waals surface area contributed by atoms with E-state index in [-0.39, 0.29) is 33.6 Å². The lowest BCUT2D eigenvalue weighted by molar-refractivity contribution is 0.102. The third-order valence-electron chi connectivity index (χ3n) is 12.4. The fourth-order valence-electron chi connectivity index (χ4n) is 9.44. The van der Waals surface area contributed by atoms with Crippen LogP contribution in [-0.2, 0) is 0 Å². The second-order valence-corrected chi connectivity index (χ2v) is 20.9. The average Bonchev–Trinajstić information content (AvgIpc) is 4.13. The summed E-state index contributed by atoms with van der Waals surface area (Å²) in [6, 6.07) is 30.0. The predicted molar refractivity (Wildman–Crippen MR) is 259 cm³/mol. The molecule has 0 aliphatic heterocycles. The highest BCUT2D eigenvalue weighted by Gasteiger charge is 2.36. The Bertz CT molecular complexity index is 3710. The van der Waals surface area contributed by atoms with Crippen LogP contribution in [0.1, 0.15) is 74.7 Å². The quantitative estimate of drug-likeness (QED) is 0.191. The fraction of sp³-hybridized carbons (Fsp3) is 0.0926. The molecule has 1 atom stereocenters. The molecule has 0 amide bonds. The van der Waals surface area contributed by atoms with Gasteiger partial charge in [0, 0.05) is 75.9 Å². The van der Waals surface area contributed by atoms with Crippen molar-refractivity contribution in [3.05, 3.63) is 193 Å². The second-order valence-electron chi connectivity index (χ2n) is 16.5. The van der Waals surface area contributed by atoms with Gasteiger partial charge in [0.25, 0.3) is 0 Å². The number of fused-ring (bicyclic) bond motifs is 4. The van der Waals surface area contributed by atoms with Gasteiger partial charge in [0.2, 0.25) is 0 Å². The van der Waals surface area contributed by atoms with Gasteiger partial charge < -0.3 is 5.11 Å². The molecule has 0 spiro atoms. The van der Waals surface area contributed by atoms with E-state index >= 15 is 0 Å². The van der Waals surface area contributed by atoms with E-state index in [9.17, 15) is 32.7 Å². The maximum atomic E-state index is 14.1. The molecule has 0 fully saturated rings. The lowest BCUT2D eigenvalue weighted by Gasteiger charge is -2.18. The summed E-state index contributed by atoms with van der Waals surface area (Å²) in [6.07, 6.45) is 2.96. The van der Waals surface area contributed by atoms with Gasteiger partial charge in [-0.1, -0.05) is 36.4 Å². The van der Waals surface area contributed by atoms with Gasteiger partial charge in [-0.05, 0) is 146 Å². The molecule has 4 nitrogen and oxygen atoms in total. The molecule has 0 radical (unpaired) electrons. The van der Waals surface area contributed by atoms with Crippen molar-refractivity contribution in [1.29, 1.82) is 0 Å². The summed E-state index contributed by atoms with van der Waals surface area (Å²) in [5, 5.41) is 13.3. The normalized spacial score (nSPS) is 16.3. The first kappa shape index (κ1) is 41.4. The number of benzene rings is 5. The fourth-order valence-corrected chi connectivity index (χ4v) is 14.0. The van der Waals surface area contributed by atoms with Crippen molar-refractivity contribution >= 4 is 106 Å². The highest BCUT2D eigenvalue weighted by atomic mass is 32.1. The van der Waals surface area contributed by atoms with Crippen molar-refractivity contribution in [1.82, 2.24) is 0 Å². The molecular weight excluding hydrogens is 898 g/mol. The molecule has 0 bridgehead atoms. The van der Waals surface area contributed by atoms with Crippen molar-refractivity contribution in [2.75, 3.05) is 0 Å². The van der Waals surface area contributed by atoms with Crippen molar-refractivity contribution in [3.8, 4) is 22.3 Å². The molecule has 1 N–H and O–H groups in total. The number of carbonyl (C=O) groups is 3. The number of Topliss-reactive ketones (excluding diaryl/α,β-unsaturated/α-hetero) is 3. The topological polar surface area (TPSA) is 71.4 Å². The number of ketones is 3. The van der Waals surface area contributed by atoms with Gasteiger partial charge in [0.1, 0.15) is 11.9 Å². The average molecular weight is 931 g/mol. The zero-order valence-electron chi connectivity index (χ0n) is 35.0. The summed E-state index contributed by atoms with van der Waals surface area (Å²) in [7, 11) is 0. The molecule has 1 unspecified atom stereocenters. The SMILES string of the molecule is Cc1cccc(C)c1-c1c2cc(/C=c3/cc/c(=C4\C(=O)c5ccc(F)cc5C4O)s3)sc2c(-c2c(C)cccc2C)c2cc(/C=c3/ccc(=C4C(=O)c5cc(F)c(F)cc5C4=O)s3)sc12. The van der Waals surface area contributed by atoms with Crippen LogP contribution in [-0.4, -0.2) is 22.5 Å². The van der Waals surface area contributed by atoms with Crippen molar-refractivity contribution < 1.29 is 32.7 Å². The molecule has 5 aromatic carbocycles. The first-order chi connectivity index (χ1) is 31.2. The summed E-state index contributed by atoms with van der Waals surface area (Å²) in [6.45, 7) is 8.53. The smallest absolute Gasteiger partial charge is 0.199 e. The number of aliphatic hydroxyl groups is 1. The minimum absolute atomic E-state index is 0.0853. The number of thiophene rings is 4. The van der Waals surface area contributed by atoms with Crippen LogP contribution in [0.25, 0.3) is 65.7 Å². The van der Waals surface area contributed by atoms with Crippen LogP contribution in [0.3, 0.4) is 0 Å². The second kappa shape index (κ2) is 15.4. The molecule has 4 heterocycles. The zero-order valence-corrected chi connectivity index (χ0v) is 38.3. The monoisotopic (exact) mass is 930 g/mol. The summed E-state index contributed by atoms with van der Waals surface area (Å²) < 4.78 is 47.4. The molecule has 4 aromatic heterocycles. The number of aliphatic hydroxyl groups excluding tert-OH is 1. The van der Waals surface area contributed by atoms with Crippen LogP contribution in [0, 0.1) is 45.1 Å². The minimum Gasteiger partial charge on any atom is -0.383 e. The van der Waals surface area contributed by atoms with Gasteiger partial charge in [0.15, 0.2) is 29.0 Å². The number of carbonyl (C=O) groups excluding carboxylic acids is 3. The Balaban J connectivity index is 1.13. The van der Waals surface area contributed by atoms with E-state index in [2.05, 4.69) is 88.4 Å². The van der Waals surface area contributed by atoms with E-state index in [0.29, 0.717) is 14.6 Å². The summed E-state index contributed by atoms with van der Waals surface area (Å²) >= 11 is 6.06. The van der Waals surface area contributed by atoms with E-state index in [0.717, 1.165) is 95.6 Å².